The van der Waals surface area contributed by atoms with Gasteiger partial charge in [-0.3, -0.25) is 0 Å². The van der Waals surface area contributed by atoms with Crippen LogP contribution in [0.25, 0.3) is 0 Å². The summed E-state index contributed by atoms with van der Waals surface area (Å²) < 4.78 is 0. The number of aromatic carboxylic acids is 1. The van der Waals surface area contributed by atoms with Gasteiger partial charge in [-0.15, -0.1) is 0 Å². The Balaban J connectivity index is 1.71. The maximum absolute atomic E-state index is 11.6. The Morgan fingerprint density at radius 3 is 2.62 bits per heavy atom. The van der Waals surface area contributed by atoms with Gasteiger partial charge in [0.05, 0.1) is 0 Å². The van der Waals surface area contributed by atoms with E-state index in [1.165, 1.54) is 31.0 Å². The molecule has 0 unspecified atom stereocenters. The Morgan fingerprint density at radius 2 is 2.00 bits per heavy atom. The highest BCUT2D eigenvalue weighted by Crippen LogP contribution is 2.21. The monoisotopic (exact) mass is 293 g/mol. The average Bonchev–Trinajstić information content (AvgIpc) is 3.22. The first-order valence-electron chi connectivity index (χ1n) is 6.91. The highest BCUT2D eigenvalue weighted by Gasteiger charge is 2.19. The zero-order valence-electron chi connectivity index (χ0n) is 11.6. The number of rotatable bonds is 7. The lowest BCUT2D eigenvalue weighted by Crippen LogP contribution is -2.31. The minimum atomic E-state index is -1.22. The summed E-state index contributed by atoms with van der Waals surface area (Å²) in [5.41, 5.74) is 0.137. The fraction of sp³-hybridized carbons (Fsp3) is 0.429. The van der Waals surface area contributed by atoms with E-state index in [2.05, 4.69) is 16.0 Å². The van der Waals surface area contributed by atoms with Crippen LogP contribution < -0.4 is 16.0 Å². The van der Waals surface area contributed by atoms with Crippen LogP contribution in [0.1, 0.15) is 29.6 Å². The number of phenols is 1. The Hall–Kier alpha value is -2.28. The van der Waals surface area contributed by atoms with Crippen molar-refractivity contribution in [2.75, 3.05) is 18.4 Å². The van der Waals surface area contributed by atoms with E-state index < -0.39 is 5.97 Å². The minimum absolute atomic E-state index is 0.202. The highest BCUT2D eigenvalue weighted by molar-refractivity contribution is 5.93. The molecule has 0 atom stereocenters. The van der Waals surface area contributed by atoms with Crippen molar-refractivity contribution in [3.63, 3.8) is 0 Å². The molecule has 1 aromatic rings. The number of carbonyl (C=O) groups excluding carboxylic acids is 1. The molecule has 2 rings (SSSR count). The van der Waals surface area contributed by atoms with E-state index in [9.17, 15) is 14.7 Å². The molecule has 114 valence electrons. The van der Waals surface area contributed by atoms with Crippen LogP contribution in [0.15, 0.2) is 18.2 Å². The molecule has 5 N–H and O–H groups in total. The number of carboxylic acid groups (broad SMARTS) is 1. The van der Waals surface area contributed by atoms with Crippen LogP contribution in [0.2, 0.25) is 0 Å². The Bertz CT molecular complexity index is 529. The van der Waals surface area contributed by atoms with Crippen molar-refractivity contribution >= 4 is 17.7 Å². The van der Waals surface area contributed by atoms with Crippen LogP contribution in [0, 0.1) is 0 Å². The predicted molar refractivity (Wildman–Crippen MR) is 77.7 cm³/mol. The van der Waals surface area contributed by atoms with Gasteiger partial charge in [0.15, 0.2) is 0 Å². The van der Waals surface area contributed by atoms with Crippen LogP contribution in [0.3, 0.4) is 0 Å². The second kappa shape index (κ2) is 6.94. The van der Waals surface area contributed by atoms with Gasteiger partial charge < -0.3 is 26.2 Å². The molecule has 2 amide bonds. The van der Waals surface area contributed by atoms with Gasteiger partial charge in [-0.05, 0) is 37.9 Å². The normalized spacial score (nSPS) is 13.7. The van der Waals surface area contributed by atoms with Crippen molar-refractivity contribution in [1.82, 2.24) is 10.6 Å². The predicted octanol–water partition coefficient (Wildman–Crippen LogP) is 1.35. The number of carbonyl (C=O) groups is 2. The topological polar surface area (TPSA) is 111 Å². The average molecular weight is 293 g/mol. The second-order valence-electron chi connectivity index (χ2n) is 5.00. The second-order valence-corrected chi connectivity index (χ2v) is 5.00. The third-order valence-electron chi connectivity index (χ3n) is 3.14. The van der Waals surface area contributed by atoms with Crippen molar-refractivity contribution in [3.05, 3.63) is 23.8 Å². The smallest absolute Gasteiger partial charge is 0.339 e. The number of hydrogen-bond acceptors (Lipinski definition) is 4. The number of amides is 2. The van der Waals surface area contributed by atoms with Crippen molar-refractivity contribution in [2.24, 2.45) is 0 Å². The number of nitrogens with one attached hydrogen (secondary N) is 3. The fourth-order valence-electron chi connectivity index (χ4n) is 1.85. The zero-order valence-corrected chi connectivity index (χ0v) is 11.6. The standard InChI is InChI=1S/C14H19N3O4/c18-12-8-10(4-5-11(12)13(19)20)17-14(21)16-7-1-6-15-9-2-3-9/h4-5,8-9,15,18H,1-3,6-7H2,(H,19,20)(H2,16,17,21). The van der Waals surface area contributed by atoms with Gasteiger partial charge in [0, 0.05) is 24.3 Å². The molecule has 7 heteroatoms. The summed E-state index contributed by atoms with van der Waals surface area (Å²) in [6, 6.07) is 4.15. The van der Waals surface area contributed by atoms with Crippen LogP contribution in [-0.4, -0.2) is 41.3 Å². The van der Waals surface area contributed by atoms with E-state index >= 15 is 0 Å². The van der Waals surface area contributed by atoms with Crippen LogP contribution in [0.5, 0.6) is 5.75 Å². The molecule has 0 saturated heterocycles. The van der Waals surface area contributed by atoms with Crippen molar-refractivity contribution in [1.29, 1.82) is 0 Å². The van der Waals surface area contributed by atoms with Crippen molar-refractivity contribution in [3.8, 4) is 5.75 Å². The third kappa shape index (κ3) is 4.96. The molecule has 21 heavy (non-hydrogen) atoms. The number of urea groups is 1. The van der Waals surface area contributed by atoms with Gasteiger partial charge in [-0.2, -0.15) is 0 Å². The molecule has 0 radical (unpaired) electrons. The summed E-state index contributed by atoms with van der Waals surface area (Å²) in [5.74, 6) is -1.60. The van der Waals surface area contributed by atoms with E-state index in [4.69, 9.17) is 5.11 Å². The lowest BCUT2D eigenvalue weighted by Gasteiger charge is -2.09. The maximum atomic E-state index is 11.6. The molecule has 1 saturated carbocycles. The number of benzene rings is 1. The van der Waals surface area contributed by atoms with Crippen LogP contribution >= 0.6 is 0 Å². The van der Waals surface area contributed by atoms with E-state index in [1.807, 2.05) is 0 Å². The van der Waals surface area contributed by atoms with E-state index in [0.717, 1.165) is 13.0 Å². The van der Waals surface area contributed by atoms with E-state index in [0.29, 0.717) is 18.3 Å². The molecule has 7 nitrogen and oxygen atoms in total. The molecule has 1 aliphatic carbocycles. The van der Waals surface area contributed by atoms with Crippen LogP contribution in [0.4, 0.5) is 10.5 Å². The van der Waals surface area contributed by atoms with Gasteiger partial charge in [-0.25, -0.2) is 9.59 Å². The summed E-state index contributed by atoms with van der Waals surface area (Å²) in [5, 5.41) is 26.9. The Labute approximate surface area is 122 Å². The first-order chi connectivity index (χ1) is 10.1. The van der Waals surface area contributed by atoms with Gasteiger partial charge in [0.2, 0.25) is 0 Å². The summed E-state index contributed by atoms with van der Waals surface area (Å²) in [4.78, 5) is 22.4. The molecular weight excluding hydrogens is 274 g/mol. The zero-order chi connectivity index (χ0) is 15.2. The summed E-state index contributed by atoms with van der Waals surface area (Å²) in [6.45, 7) is 1.42. The van der Waals surface area contributed by atoms with E-state index in [1.54, 1.807) is 0 Å². The number of hydrogen-bond donors (Lipinski definition) is 5. The molecule has 1 aromatic carbocycles. The fourth-order valence-corrected chi connectivity index (χ4v) is 1.85. The lowest BCUT2D eigenvalue weighted by atomic mass is 10.2. The lowest BCUT2D eigenvalue weighted by molar-refractivity contribution is 0.0694. The minimum Gasteiger partial charge on any atom is -0.507 e. The highest BCUT2D eigenvalue weighted by atomic mass is 16.4. The summed E-state index contributed by atoms with van der Waals surface area (Å²) in [6.07, 6.45) is 3.32. The van der Waals surface area contributed by atoms with Gasteiger partial charge >= 0.3 is 12.0 Å². The summed E-state index contributed by atoms with van der Waals surface area (Å²) >= 11 is 0. The van der Waals surface area contributed by atoms with Gasteiger partial charge in [0.1, 0.15) is 11.3 Å². The number of anilines is 1. The Morgan fingerprint density at radius 1 is 1.24 bits per heavy atom. The number of carboxylic acids is 1. The molecule has 1 fully saturated rings. The van der Waals surface area contributed by atoms with Gasteiger partial charge in [0.25, 0.3) is 0 Å². The molecule has 0 aliphatic heterocycles. The third-order valence-corrected chi connectivity index (χ3v) is 3.14. The molecule has 0 aromatic heterocycles. The molecule has 0 bridgehead atoms. The maximum Gasteiger partial charge on any atom is 0.339 e. The van der Waals surface area contributed by atoms with Crippen molar-refractivity contribution in [2.45, 2.75) is 25.3 Å². The molecule has 1 aliphatic rings. The molecule has 0 heterocycles. The Kier molecular flexibility index (Phi) is 4.99. The largest absolute Gasteiger partial charge is 0.507 e. The first-order valence-corrected chi connectivity index (χ1v) is 6.91. The van der Waals surface area contributed by atoms with Crippen molar-refractivity contribution < 1.29 is 19.8 Å². The van der Waals surface area contributed by atoms with Gasteiger partial charge in [-0.1, -0.05) is 0 Å². The molecular formula is C14H19N3O4. The van der Waals surface area contributed by atoms with E-state index in [-0.39, 0.29) is 17.3 Å². The molecule has 0 spiro atoms. The SMILES string of the molecule is O=C(NCCCNC1CC1)Nc1ccc(C(=O)O)c(O)c1. The quantitative estimate of drug-likeness (QED) is 0.487. The summed E-state index contributed by atoms with van der Waals surface area (Å²) in [7, 11) is 0. The van der Waals surface area contributed by atoms with Crippen LogP contribution in [-0.2, 0) is 0 Å². The number of aromatic hydroxyl groups is 1. The first kappa shape index (κ1) is 15.1.